The van der Waals surface area contributed by atoms with Crippen LogP contribution in [0.1, 0.15) is 67.6 Å². The van der Waals surface area contributed by atoms with Gasteiger partial charge in [-0.15, -0.1) is 11.3 Å². The summed E-state index contributed by atoms with van der Waals surface area (Å²) >= 11 is 1.70. The standard InChI is InChI=1S/C22H27N3O3S/c23-18-17-14-3-1-2-4-15(14)29-19(17)25-16(24-18)10-28-20(26)21-6-12-5-13(7-21)9-22(27,8-12)11-21/h12-13,27H,1-11H2,(H2,23,24,25). The second-order valence-corrected chi connectivity index (χ2v) is 11.0. The first kappa shape index (κ1) is 18.1. The highest BCUT2D eigenvalue weighted by atomic mass is 32.1. The number of ether oxygens (including phenoxy) is 1. The number of carbonyl (C=O) groups excluding carboxylic acids is 1. The van der Waals surface area contributed by atoms with E-state index >= 15 is 0 Å². The number of fused-ring (bicyclic) bond motifs is 3. The largest absolute Gasteiger partial charge is 0.457 e. The molecule has 0 radical (unpaired) electrons. The minimum atomic E-state index is -0.668. The Hall–Kier alpha value is -1.73. The lowest BCUT2D eigenvalue weighted by Gasteiger charge is -2.58. The summed E-state index contributed by atoms with van der Waals surface area (Å²) in [6.07, 6.45) is 9.63. The van der Waals surface area contributed by atoms with E-state index in [0.29, 0.717) is 29.9 Å². The maximum absolute atomic E-state index is 13.1. The molecule has 2 heterocycles. The first-order chi connectivity index (χ1) is 13.9. The third-order valence-corrected chi connectivity index (χ3v) is 8.87. The van der Waals surface area contributed by atoms with Crippen LogP contribution in [0.15, 0.2) is 0 Å². The Labute approximate surface area is 173 Å². The van der Waals surface area contributed by atoms with Crippen molar-refractivity contribution in [2.45, 2.75) is 76.4 Å². The van der Waals surface area contributed by atoms with Crippen LogP contribution in [0.5, 0.6) is 0 Å². The minimum absolute atomic E-state index is 0.0526. The van der Waals surface area contributed by atoms with Gasteiger partial charge in [-0.1, -0.05) is 0 Å². The summed E-state index contributed by atoms with van der Waals surface area (Å²) in [5.74, 6) is 1.71. The molecule has 0 aliphatic heterocycles. The first-order valence-electron chi connectivity index (χ1n) is 10.9. The number of aryl methyl sites for hydroxylation is 2. The zero-order valence-electron chi connectivity index (χ0n) is 16.6. The summed E-state index contributed by atoms with van der Waals surface area (Å²) in [6.45, 7) is 0.0526. The van der Waals surface area contributed by atoms with Crippen molar-refractivity contribution in [1.29, 1.82) is 0 Å². The molecule has 2 unspecified atom stereocenters. The van der Waals surface area contributed by atoms with Crippen LogP contribution in [-0.2, 0) is 29.0 Å². The fraction of sp³-hybridized carbons (Fsp3) is 0.682. The molecule has 0 aromatic carbocycles. The van der Waals surface area contributed by atoms with Gasteiger partial charge >= 0.3 is 5.97 Å². The average molecular weight is 414 g/mol. The number of aromatic nitrogens is 2. The maximum atomic E-state index is 13.1. The van der Waals surface area contributed by atoms with Crippen molar-refractivity contribution in [3.8, 4) is 0 Å². The number of rotatable bonds is 3. The highest BCUT2D eigenvalue weighted by Gasteiger charge is 2.60. The van der Waals surface area contributed by atoms with Crippen LogP contribution in [0.2, 0.25) is 0 Å². The van der Waals surface area contributed by atoms with Gasteiger partial charge in [-0.2, -0.15) is 0 Å². The van der Waals surface area contributed by atoms with Crippen LogP contribution in [0.25, 0.3) is 10.2 Å². The van der Waals surface area contributed by atoms with E-state index in [4.69, 9.17) is 10.5 Å². The summed E-state index contributed by atoms with van der Waals surface area (Å²) in [5.41, 5.74) is 6.41. The topological polar surface area (TPSA) is 98.3 Å². The van der Waals surface area contributed by atoms with Gasteiger partial charge in [0.05, 0.1) is 16.4 Å². The normalized spacial score (nSPS) is 35.1. The van der Waals surface area contributed by atoms with Crippen LogP contribution in [0.4, 0.5) is 5.82 Å². The van der Waals surface area contributed by atoms with Gasteiger partial charge in [0.15, 0.2) is 12.4 Å². The van der Waals surface area contributed by atoms with E-state index in [-0.39, 0.29) is 12.6 Å². The Morgan fingerprint density at radius 3 is 2.69 bits per heavy atom. The van der Waals surface area contributed by atoms with Crippen LogP contribution in [0.3, 0.4) is 0 Å². The number of nitrogens with two attached hydrogens (primary N) is 1. The molecule has 2 atom stereocenters. The molecule has 7 heteroatoms. The third kappa shape index (κ3) is 2.81. The van der Waals surface area contributed by atoms with Gasteiger partial charge in [0.2, 0.25) is 0 Å². The molecule has 7 rings (SSSR count). The molecule has 4 bridgehead atoms. The van der Waals surface area contributed by atoms with Crippen molar-refractivity contribution in [2.75, 3.05) is 5.73 Å². The smallest absolute Gasteiger partial charge is 0.312 e. The number of thiophene rings is 1. The van der Waals surface area contributed by atoms with Gasteiger partial charge in [-0.3, -0.25) is 4.79 Å². The number of nitrogen functional groups attached to an aromatic ring is 1. The number of anilines is 1. The Kier molecular flexibility index (Phi) is 3.83. The molecule has 0 spiro atoms. The van der Waals surface area contributed by atoms with Crippen LogP contribution >= 0.6 is 11.3 Å². The number of nitrogens with zero attached hydrogens (tertiary/aromatic N) is 2. The quantitative estimate of drug-likeness (QED) is 0.747. The number of aliphatic hydroxyl groups is 1. The maximum Gasteiger partial charge on any atom is 0.312 e. The van der Waals surface area contributed by atoms with E-state index in [9.17, 15) is 9.90 Å². The lowest BCUT2D eigenvalue weighted by atomic mass is 9.48. The molecule has 2 aromatic rings. The average Bonchev–Trinajstić information content (AvgIpc) is 3.03. The number of carbonyl (C=O) groups is 1. The molecule has 154 valence electrons. The van der Waals surface area contributed by atoms with E-state index in [1.54, 1.807) is 11.3 Å². The number of esters is 1. The molecule has 29 heavy (non-hydrogen) atoms. The van der Waals surface area contributed by atoms with Gasteiger partial charge in [0, 0.05) is 4.88 Å². The van der Waals surface area contributed by atoms with Gasteiger partial charge in [0.25, 0.3) is 0 Å². The van der Waals surface area contributed by atoms with E-state index in [1.807, 2.05) is 0 Å². The van der Waals surface area contributed by atoms with E-state index in [1.165, 1.54) is 23.3 Å². The van der Waals surface area contributed by atoms with Crippen molar-refractivity contribution in [2.24, 2.45) is 17.3 Å². The van der Waals surface area contributed by atoms with Gasteiger partial charge in [-0.25, -0.2) is 9.97 Å². The van der Waals surface area contributed by atoms with Gasteiger partial charge in [-0.05, 0) is 81.6 Å². The molecule has 4 saturated carbocycles. The van der Waals surface area contributed by atoms with Gasteiger partial charge < -0.3 is 15.6 Å². The molecule has 3 N–H and O–H groups in total. The summed E-state index contributed by atoms with van der Waals surface area (Å²) < 4.78 is 5.74. The molecule has 5 aliphatic carbocycles. The Morgan fingerprint density at radius 1 is 1.17 bits per heavy atom. The van der Waals surface area contributed by atoms with Crippen LogP contribution in [0, 0.1) is 17.3 Å². The zero-order chi connectivity index (χ0) is 19.8. The number of hydrogen-bond acceptors (Lipinski definition) is 7. The molecular weight excluding hydrogens is 386 g/mol. The highest BCUT2D eigenvalue weighted by Crippen LogP contribution is 2.62. The molecule has 5 aliphatic rings. The lowest BCUT2D eigenvalue weighted by molar-refractivity contribution is -0.197. The predicted octanol–water partition coefficient (Wildman–Crippen LogP) is 3.53. The molecule has 4 fully saturated rings. The summed E-state index contributed by atoms with van der Waals surface area (Å²) in [4.78, 5) is 24.5. The Balaban J connectivity index is 1.23. The second kappa shape index (κ2) is 6.14. The fourth-order valence-electron chi connectivity index (χ4n) is 7.03. The SMILES string of the molecule is Nc1nc(COC(=O)C23CC4CC(CC(O)(C4)C2)C3)nc2sc3c(c12)CCCC3. The van der Waals surface area contributed by atoms with E-state index < -0.39 is 11.0 Å². The summed E-state index contributed by atoms with van der Waals surface area (Å²) in [5, 5.41) is 11.9. The summed E-state index contributed by atoms with van der Waals surface area (Å²) in [7, 11) is 0. The van der Waals surface area contributed by atoms with Gasteiger partial charge in [0.1, 0.15) is 10.6 Å². The minimum Gasteiger partial charge on any atom is -0.457 e. The third-order valence-electron chi connectivity index (χ3n) is 7.68. The van der Waals surface area contributed by atoms with Crippen molar-refractivity contribution in [1.82, 2.24) is 9.97 Å². The van der Waals surface area contributed by atoms with Crippen molar-refractivity contribution in [3.05, 3.63) is 16.3 Å². The predicted molar refractivity (Wildman–Crippen MR) is 110 cm³/mol. The first-order valence-corrected chi connectivity index (χ1v) is 11.7. The fourth-order valence-corrected chi connectivity index (χ4v) is 8.32. The van der Waals surface area contributed by atoms with Crippen molar-refractivity contribution in [3.63, 3.8) is 0 Å². The van der Waals surface area contributed by atoms with Crippen molar-refractivity contribution < 1.29 is 14.6 Å². The monoisotopic (exact) mass is 413 g/mol. The molecule has 0 saturated heterocycles. The lowest BCUT2D eigenvalue weighted by Crippen LogP contribution is -2.58. The highest BCUT2D eigenvalue weighted by molar-refractivity contribution is 7.19. The van der Waals surface area contributed by atoms with E-state index in [0.717, 1.165) is 55.2 Å². The Morgan fingerprint density at radius 2 is 1.93 bits per heavy atom. The van der Waals surface area contributed by atoms with E-state index in [2.05, 4.69) is 9.97 Å². The number of hydrogen-bond donors (Lipinski definition) is 2. The summed E-state index contributed by atoms with van der Waals surface area (Å²) in [6, 6.07) is 0. The van der Waals surface area contributed by atoms with Crippen LogP contribution in [-0.4, -0.2) is 26.6 Å². The molecule has 0 amide bonds. The molecule has 6 nitrogen and oxygen atoms in total. The van der Waals surface area contributed by atoms with Crippen molar-refractivity contribution >= 4 is 33.3 Å². The molecular formula is C22H27N3O3S. The van der Waals surface area contributed by atoms with Crippen LogP contribution < -0.4 is 5.73 Å². The second-order valence-electron chi connectivity index (χ2n) is 9.96. The zero-order valence-corrected chi connectivity index (χ0v) is 17.4. The Bertz CT molecular complexity index is 1000. The molecule has 2 aromatic heterocycles.